The number of halogens is 1. The molecule has 0 amide bonds. The summed E-state index contributed by atoms with van der Waals surface area (Å²) in [6.45, 7) is 0. The lowest BCUT2D eigenvalue weighted by molar-refractivity contribution is 0.416. The van der Waals surface area contributed by atoms with Crippen molar-refractivity contribution in [3.63, 3.8) is 0 Å². The second-order valence-corrected chi connectivity index (χ2v) is 7.06. The zero-order valence-corrected chi connectivity index (χ0v) is 15.3. The van der Waals surface area contributed by atoms with Gasteiger partial charge in [0, 0.05) is 46.4 Å². The van der Waals surface area contributed by atoms with E-state index in [0.29, 0.717) is 22.6 Å². The number of pyridine rings is 2. The van der Waals surface area contributed by atoms with E-state index in [9.17, 15) is 4.79 Å². The molecule has 0 fully saturated rings. The number of benzene rings is 2. The van der Waals surface area contributed by atoms with E-state index in [4.69, 9.17) is 16.3 Å². The first-order valence-corrected chi connectivity index (χ1v) is 8.99. The molecule has 5 rings (SSSR count). The Morgan fingerprint density at radius 3 is 2.74 bits per heavy atom. The van der Waals surface area contributed by atoms with Crippen molar-refractivity contribution in [2.45, 2.75) is 6.42 Å². The fourth-order valence-electron chi connectivity index (χ4n) is 3.79. The Labute approximate surface area is 159 Å². The Morgan fingerprint density at radius 2 is 1.96 bits per heavy atom. The number of hydrogen-bond donors (Lipinski definition) is 0. The molecule has 0 radical (unpaired) electrons. The number of ether oxygens (including phenoxy) is 1. The third-order valence-electron chi connectivity index (χ3n) is 5.01. The first kappa shape index (κ1) is 16.1. The summed E-state index contributed by atoms with van der Waals surface area (Å²) in [6.07, 6.45) is 5.98. The van der Waals surface area contributed by atoms with Gasteiger partial charge in [-0.1, -0.05) is 17.7 Å². The van der Waals surface area contributed by atoms with Crippen LogP contribution in [0.5, 0.6) is 5.75 Å². The molecule has 132 valence electrons. The van der Waals surface area contributed by atoms with Crippen LogP contribution in [0.4, 0.5) is 0 Å². The summed E-state index contributed by atoms with van der Waals surface area (Å²) in [5.41, 5.74) is 3.65. The normalized spacial score (nSPS) is 11.6. The van der Waals surface area contributed by atoms with E-state index in [1.165, 1.54) is 0 Å². The average molecular weight is 375 g/mol. The lowest BCUT2D eigenvalue weighted by Crippen LogP contribution is -2.12. The Hall–Kier alpha value is -3.11. The highest BCUT2D eigenvalue weighted by molar-refractivity contribution is 6.32. The molecule has 0 bridgehead atoms. The van der Waals surface area contributed by atoms with Gasteiger partial charge in [0.25, 0.3) is 0 Å². The van der Waals surface area contributed by atoms with E-state index in [2.05, 4.69) is 9.38 Å². The van der Waals surface area contributed by atoms with Crippen LogP contribution < -0.4 is 10.2 Å². The van der Waals surface area contributed by atoms with Crippen LogP contribution in [0.1, 0.15) is 11.1 Å². The van der Waals surface area contributed by atoms with E-state index < -0.39 is 0 Å². The molecule has 4 nitrogen and oxygen atoms in total. The predicted molar refractivity (Wildman–Crippen MR) is 108 cm³/mol. The van der Waals surface area contributed by atoms with Crippen molar-refractivity contribution in [3.8, 4) is 5.75 Å². The molecule has 5 aromatic rings. The van der Waals surface area contributed by atoms with Gasteiger partial charge in [0.1, 0.15) is 5.75 Å². The first-order valence-electron chi connectivity index (χ1n) is 8.61. The minimum absolute atomic E-state index is 0.0177. The Kier molecular flexibility index (Phi) is 3.55. The van der Waals surface area contributed by atoms with E-state index in [0.717, 1.165) is 32.9 Å². The second kappa shape index (κ2) is 5.96. The molecule has 0 aliphatic heterocycles. The Balaban J connectivity index is 1.91. The number of fused-ring (bicyclic) bond motifs is 3. The third-order valence-corrected chi connectivity index (χ3v) is 5.24. The summed E-state index contributed by atoms with van der Waals surface area (Å²) in [6, 6.07) is 13.4. The molecule has 3 heterocycles. The second-order valence-electron chi connectivity index (χ2n) is 6.62. The number of methoxy groups -OCH3 is 1. The lowest BCUT2D eigenvalue weighted by atomic mass is 10.0. The minimum Gasteiger partial charge on any atom is -0.497 e. The quantitative estimate of drug-likeness (QED) is 0.460. The topological polar surface area (TPSA) is 43.6 Å². The van der Waals surface area contributed by atoms with Crippen LogP contribution in [0.25, 0.3) is 27.2 Å². The van der Waals surface area contributed by atoms with E-state index >= 15 is 0 Å². The van der Waals surface area contributed by atoms with E-state index in [-0.39, 0.29) is 5.43 Å². The van der Waals surface area contributed by atoms with Gasteiger partial charge in [-0.3, -0.25) is 9.78 Å². The maximum absolute atomic E-state index is 13.2. The smallest absolute Gasteiger partial charge is 0.193 e. The van der Waals surface area contributed by atoms with Crippen LogP contribution in [0.3, 0.4) is 0 Å². The molecule has 27 heavy (non-hydrogen) atoms. The van der Waals surface area contributed by atoms with Gasteiger partial charge in [0.2, 0.25) is 0 Å². The zero-order valence-electron chi connectivity index (χ0n) is 14.6. The van der Waals surface area contributed by atoms with Gasteiger partial charge in [-0.25, -0.2) is 0 Å². The maximum Gasteiger partial charge on any atom is 0.193 e. The fourth-order valence-corrected chi connectivity index (χ4v) is 3.96. The van der Waals surface area contributed by atoms with Gasteiger partial charge < -0.3 is 9.14 Å². The maximum atomic E-state index is 13.2. The summed E-state index contributed by atoms with van der Waals surface area (Å²) in [7, 11) is 1.61. The lowest BCUT2D eigenvalue weighted by Gasteiger charge is -2.08. The number of hydrogen-bond acceptors (Lipinski definition) is 3. The third kappa shape index (κ3) is 2.45. The van der Waals surface area contributed by atoms with Crippen molar-refractivity contribution < 1.29 is 4.74 Å². The first-order chi connectivity index (χ1) is 13.2. The molecule has 0 saturated carbocycles. The minimum atomic E-state index is 0.0177. The van der Waals surface area contributed by atoms with Crippen LogP contribution in [0.2, 0.25) is 5.02 Å². The molecule has 5 heteroatoms. The van der Waals surface area contributed by atoms with E-state index in [1.54, 1.807) is 19.5 Å². The summed E-state index contributed by atoms with van der Waals surface area (Å²) in [5, 5.41) is 3.28. The molecule has 0 aliphatic rings. The monoisotopic (exact) mass is 374 g/mol. The zero-order chi connectivity index (χ0) is 18.5. The molecule has 0 aliphatic carbocycles. The molecule has 0 spiro atoms. The van der Waals surface area contributed by atoms with Gasteiger partial charge in [0.15, 0.2) is 5.43 Å². The van der Waals surface area contributed by atoms with Gasteiger partial charge in [0.05, 0.1) is 23.5 Å². The molecular weight excluding hydrogens is 360 g/mol. The summed E-state index contributed by atoms with van der Waals surface area (Å²) >= 11 is 6.24. The van der Waals surface area contributed by atoms with Gasteiger partial charge in [-0.2, -0.15) is 0 Å². The van der Waals surface area contributed by atoms with Crippen molar-refractivity contribution in [1.29, 1.82) is 0 Å². The summed E-state index contributed by atoms with van der Waals surface area (Å²) in [5.74, 6) is 0.660. The van der Waals surface area contributed by atoms with Crippen LogP contribution in [-0.4, -0.2) is 16.5 Å². The Morgan fingerprint density at radius 1 is 1.11 bits per heavy atom. The van der Waals surface area contributed by atoms with Crippen LogP contribution in [0, 0.1) is 0 Å². The fraction of sp³-hybridized carbons (Fsp3) is 0.0909. The van der Waals surface area contributed by atoms with Crippen LogP contribution in [-0.2, 0) is 6.42 Å². The molecular formula is C22H15ClN2O2. The SMILES string of the molecule is COc1cc2c(=O)c(Cc3cccnc3)cn3c4ccc(Cl)cc4c(c1)c23. The highest BCUT2D eigenvalue weighted by atomic mass is 35.5. The van der Waals surface area contributed by atoms with Gasteiger partial charge in [-0.05, 0) is 42.0 Å². The molecule has 0 unspecified atom stereocenters. The molecule has 0 saturated heterocycles. The molecule has 3 aromatic heterocycles. The van der Waals surface area contributed by atoms with Crippen molar-refractivity contribution in [2.24, 2.45) is 0 Å². The number of aromatic nitrogens is 2. The number of nitrogens with zero attached hydrogens (tertiary/aromatic N) is 2. The highest BCUT2D eigenvalue weighted by Gasteiger charge is 2.17. The van der Waals surface area contributed by atoms with Crippen molar-refractivity contribution in [2.75, 3.05) is 7.11 Å². The molecule has 2 aromatic carbocycles. The molecule has 0 atom stereocenters. The Bertz CT molecular complexity index is 1360. The van der Waals surface area contributed by atoms with E-state index in [1.807, 2.05) is 48.7 Å². The summed E-state index contributed by atoms with van der Waals surface area (Å²) in [4.78, 5) is 17.4. The van der Waals surface area contributed by atoms with Crippen molar-refractivity contribution in [3.05, 3.63) is 87.4 Å². The molecule has 0 N–H and O–H groups in total. The van der Waals surface area contributed by atoms with Gasteiger partial charge >= 0.3 is 0 Å². The number of rotatable bonds is 3. The van der Waals surface area contributed by atoms with Crippen LogP contribution in [0.15, 0.2) is 65.8 Å². The largest absolute Gasteiger partial charge is 0.497 e. The van der Waals surface area contributed by atoms with Crippen molar-refractivity contribution >= 4 is 38.8 Å². The average Bonchev–Trinajstić information content (AvgIpc) is 2.99. The summed E-state index contributed by atoms with van der Waals surface area (Å²) < 4.78 is 7.54. The van der Waals surface area contributed by atoms with Crippen LogP contribution >= 0.6 is 11.6 Å². The van der Waals surface area contributed by atoms with Crippen molar-refractivity contribution in [1.82, 2.24) is 9.38 Å². The van der Waals surface area contributed by atoms with Gasteiger partial charge in [-0.15, -0.1) is 0 Å². The highest BCUT2D eigenvalue weighted by Crippen LogP contribution is 2.35. The predicted octanol–water partition coefficient (Wildman–Crippen LogP) is 4.69. The standard InChI is InChI=1S/C22H15ClN2O2/c1-27-16-9-18-17-8-15(23)4-5-20(17)25-12-14(7-13-3-2-6-24-11-13)22(26)19(10-16)21(18)25/h2-6,8-12H,7H2,1H3.